The number of hydrogen-bond acceptors (Lipinski definition) is 3. The van der Waals surface area contributed by atoms with Gasteiger partial charge in [-0.05, 0) is 18.9 Å². The molecule has 2 heterocycles. The first-order valence-electron chi connectivity index (χ1n) is 5.75. The second-order valence-corrected chi connectivity index (χ2v) is 4.27. The minimum Gasteiger partial charge on any atom is -0.472 e. The molecule has 5 heteroatoms. The summed E-state index contributed by atoms with van der Waals surface area (Å²) in [5.74, 6) is -0.00960. The highest BCUT2D eigenvalue weighted by molar-refractivity contribution is 5.93. The fourth-order valence-corrected chi connectivity index (χ4v) is 2.00. The van der Waals surface area contributed by atoms with E-state index in [1.807, 2.05) is 0 Å². The summed E-state index contributed by atoms with van der Waals surface area (Å²) >= 11 is 0. The van der Waals surface area contributed by atoms with Crippen molar-refractivity contribution in [2.24, 2.45) is 0 Å². The van der Waals surface area contributed by atoms with Crippen molar-refractivity contribution in [3.63, 3.8) is 0 Å². The van der Waals surface area contributed by atoms with E-state index < -0.39 is 0 Å². The third-order valence-corrected chi connectivity index (χ3v) is 3.06. The summed E-state index contributed by atoms with van der Waals surface area (Å²) in [6, 6.07) is 1.79. The van der Waals surface area contributed by atoms with Crippen LogP contribution in [0, 0.1) is 0 Å². The van der Waals surface area contributed by atoms with Crippen molar-refractivity contribution in [3.05, 3.63) is 24.2 Å². The van der Waals surface area contributed by atoms with Crippen molar-refractivity contribution in [3.8, 4) is 0 Å². The molecule has 2 amide bonds. The van der Waals surface area contributed by atoms with E-state index in [4.69, 9.17) is 4.42 Å². The maximum Gasteiger partial charge on any atom is 0.254 e. The number of nitrogens with one attached hydrogen (secondary N) is 1. The summed E-state index contributed by atoms with van der Waals surface area (Å²) in [5, 5.41) is 2.94. The molecule has 92 valence electrons. The number of furan rings is 1. The van der Waals surface area contributed by atoms with Crippen molar-refractivity contribution in [1.29, 1.82) is 0 Å². The van der Waals surface area contributed by atoms with E-state index in [1.54, 1.807) is 17.9 Å². The van der Waals surface area contributed by atoms with Gasteiger partial charge < -0.3 is 14.6 Å². The molecule has 0 atom stereocenters. The number of piperidine rings is 1. The lowest BCUT2D eigenvalue weighted by Crippen LogP contribution is -2.45. The smallest absolute Gasteiger partial charge is 0.254 e. The summed E-state index contributed by atoms with van der Waals surface area (Å²) in [6.45, 7) is 3.00. The summed E-state index contributed by atoms with van der Waals surface area (Å²) in [5.41, 5.74) is 0.541. The van der Waals surface area contributed by atoms with Crippen LogP contribution in [0.1, 0.15) is 30.1 Å². The fourth-order valence-electron chi connectivity index (χ4n) is 2.00. The molecule has 17 heavy (non-hydrogen) atoms. The van der Waals surface area contributed by atoms with Gasteiger partial charge in [-0.3, -0.25) is 9.59 Å². The van der Waals surface area contributed by atoms with E-state index in [0.29, 0.717) is 18.7 Å². The number of hydrogen-bond donors (Lipinski definition) is 1. The van der Waals surface area contributed by atoms with Crippen LogP contribution in [-0.2, 0) is 4.79 Å². The first-order valence-corrected chi connectivity index (χ1v) is 5.75. The van der Waals surface area contributed by atoms with E-state index in [1.165, 1.54) is 12.5 Å². The molecule has 0 aliphatic carbocycles. The van der Waals surface area contributed by atoms with Crippen LogP contribution < -0.4 is 5.32 Å². The van der Waals surface area contributed by atoms with Crippen molar-refractivity contribution >= 4 is 11.8 Å². The van der Waals surface area contributed by atoms with Gasteiger partial charge in [0.2, 0.25) is 5.91 Å². The highest BCUT2D eigenvalue weighted by atomic mass is 16.3. The number of carbonyl (C=O) groups is 2. The topological polar surface area (TPSA) is 62.6 Å². The Balaban J connectivity index is 1.82. The van der Waals surface area contributed by atoms with E-state index in [2.05, 4.69) is 5.32 Å². The van der Waals surface area contributed by atoms with E-state index in [0.717, 1.165) is 12.8 Å². The first-order chi connectivity index (χ1) is 8.16. The van der Waals surface area contributed by atoms with Crippen LogP contribution in [0.25, 0.3) is 0 Å². The molecule has 0 aromatic carbocycles. The number of nitrogens with zero attached hydrogens (tertiary/aromatic N) is 1. The Morgan fingerprint density at radius 1 is 1.41 bits per heavy atom. The Morgan fingerprint density at radius 2 is 2.12 bits per heavy atom. The second-order valence-electron chi connectivity index (χ2n) is 4.27. The van der Waals surface area contributed by atoms with Crippen LogP contribution in [0.4, 0.5) is 0 Å². The van der Waals surface area contributed by atoms with Gasteiger partial charge in [-0.1, -0.05) is 0 Å². The van der Waals surface area contributed by atoms with Crippen molar-refractivity contribution in [2.45, 2.75) is 25.8 Å². The molecule has 1 aromatic heterocycles. The van der Waals surface area contributed by atoms with Crippen LogP contribution in [-0.4, -0.2) is 35.8 Å². The Morgan fingerprint density at radius 3 is 2.65 bits per heavy atom. The van der Waals surface area contributed by atoms with Crippen LogP contribution in [0.2, 0.25) is 0 Å². The molecule has 0 spiro atoms. The lowest BCUT2D eigenvalue weighted by Gasteiger charge is -2.31. The van der Waals surface area contributed by atoms with Gasteiger partial charge in [0.15, 0.2) is 0 Å². The Kier molecular flexibility index (Phi) is 3.46. The SMILES string of the molecule is CC(=O)N1CCC(NC(=O)c2ccoc2)CC1. The molecule has 1 saturated heterocycles. The summed E-state index contributed by atoms with van der Waals surface area (Å²) < 4.78 is 4.86. The number of carbonyl (C=O) groups excluding carboxylic acids is 2. The number of rotatable bonds is 2. The average molecular weight is 236 g/mol. The lowest BCUT2D eigenvalue weighted by atomic mass is 10.0. The maximum atomic E-state index is 11.7. The van der Waals surface area contributed by atoms with Crippen molar-refractivity contribution in [1.82, 2.24) is 10.2 Å². The molecule has 0 unspecified atom stereocenters. The molecule has 5 nitrogen and oxygen atoms in total. The third kappa shape index (κ3) is 2.87. The largest absolute Gasteiger partial charge is 0.472 e. The zero-order valence-corrected chi connectivity index (χ0v) is 9.81. The summed E-state index contributed by atoms with van der Waals surface area (Å²) in [7, 11) is 0. The van der Waals surface area contributed by atoms with Gasteiger partial charge >= 0.3 is 0 Å². The summed E-state index contributed by atoms with van der Waals surface area (Å²) in [6.07, 6.45) is 4.53. The molecular formula is C12H16N2O3. The predicted molar refractivity (Wildman–Crippen MR) is 61.5 cm³/mol. The van der Waals surface area contributed by atoms with Crippen molar-refractivity contribution in [2.75, 3.05) is 13.1 Å². The van der Waals surface area contributed by atoms with Gasteiger partial charge in [0.05, 0.1) is 11.8 Å². The fraction of sp³-hybridized carbons (Fsp3) is 0.500. The van der Waals surface area contributed by atoms with Crippen LogP contribution in [0.5, 0.6) is 0 Å². The second kappa shape index (κ2) is 5.03. The highest BCUT2D eigenvalue weighted by Gasteiger charge is 2.22. The molecule has 0 bridgehead atoms. The molecule has 0 radical (unpaired) electrons. The quantitative estimate of drug-likeness (QED) is 0.834. The monoisotopic (exact) mass is 236 g/mol. The molecule has 1 aromatic rings. The molecule has 1 aliphatic rings. The van der Waals surface area contributed by atoms with E-state index in [9.17, 15) is 9.59 Å². The van der Waals surface area contributed by atoms with Gasteiger partial charge in [-0.25, -0.2) is 0 Å². The number of amides is 2. The van der Waals surface area contributed by atoms with Crippen LogP contribution in [0.3, 0.4) is 0 Å². The molecule has 1 N–H and O–H groups in total. The molecule has 1 aliphatic heterocycles. The van der Waals surface area contributed by atoms with Crippen LogP contribution in [0.15, 0.2) is 23.0 Å². The molecule has 2 rings (SSSR count). The minimum atomic E-state index is -0.111. The van der Waals surface area contributed by atoms with Gasteiger partial charge in [0, 0.05) is 26.1 Å². The minimum absolute atomic E-state index is 0.101. The first kappa shape index (κ1) is 11.7. The Hall–Kier alpha value is -1.78. The Labute approximate surface area is 99.8 Å². The molecule has 0 saturated carbocycles. The standard InChI is InChI=1S/C12H16N2O3/c1-9(15)14-5-2-11(3-6-14)13-12(16)10-4-7-17-8-10/h4,7-8,11H,2-3,5-6H2,1H3,(H,13,16). The zero-order chi connectivity index (χ0) is 12.3. The lowest BCUT2D eigenvalue weighted by molar-refractivity contribution is -0.129. The summed E-state index contributed by atoms with van der Waals surface area (Å²) in [4.78, 5) is 24.7. The Bertz CT molecular complexity index is 392. The predicted octanol–water partition coefficient (Wildman–Crippen LogP) is 1.02. The van der Waals surface area contributed by atoms with Gasteiger partial charge in [-0.15, -0.1) is 0 Å². The van der Waals surface area contributed by atoms with Gasteiger partial charge in [0.1, 0.15) is 6.26 Å². The van der Waals surface area contributed by atoms with Gasteiger partial charge in [0.25, 0.3) is 5.91 Å². The van der Waals surface area contributed by atoms with E-state index in [-0.39, 0.29) is 17.9 Å². The van der Waals surface area contributed by atoms with Crippen molar-refractivity contribution < 1.29 is 14.0 Å². The molecule has 1 fully saturated rings. The zero-order valence-electron chi connectivity index (χ0n) is 9.81. The van der Waals surface area contributed by atoms with E-state index >= 15 is 0 Å². The maximum absolute atomic E-state index is 11.7. The average Bonchev–Trinajstić information content (AvgIpc) is 2.83. The van der Waals surface area contributed by atoms with Gasteiger partial charge in [-0.2, -0.15) is 0 Å². The molecular weight excluding hydrogens is 220 g/mol. The normalized spacial score (nSPS) is 16.9. The highest BCUT2D eigenvalue weighted by Crippen LogP contribution is 2.11. The number of likely N-dealkylation sites (tertiary alicyclic amines) is 1. The third-order valence-electron chi connectivity index (χ3n) is 3.06. The van der Waals surface area contributed by atoms with Crippen LogP contribution >= 0.6 is 0 Å².